The molecule has 1 N–H and O–H groups in total. The Hall–Kier alpha value is -3.53. The van der Waals surface area contributed by atoms with E-state index >= 15 is 0 Å². The number of benzene rings is 2. The van der Waals surface area contributed by atoms with E-state index in [-0.39, 0.29) is 6.08 Å². The van der Waals surface area contributed by atoms with Crippen LogP contribution < -0.4 is 15.8 Å². The van der Waals surface area contributed by atoms with Crippen molar-refractivity contribution in [2.75, 3.05) is 12.4 Å². The van der Waals surface area contributed by atoms with Crippen LogP contribution in [-0.2, 0) is 6.54 Å². The fourth-order valence-corrected chi connectivity index (χ4v) is 2.13. The number of nitriles is 1. The van der Waals surface area contributed by atoms with Crippen LogP contribution in [0.3, 0.4) is 0 Å². The molecule has 7 nitrogen and oxygen atoms in total. The largest absolute Gasteiger partial charge is 0.452 e. The molecule has 0 aliphatic carbocycles. The molecular weight excluding hydrogens is 308 g/mol. The van der Waals surface area contributed by atoms with Gasteiger partial charge in [0.25, 0.3) is 0 Å². The van der Waals surface area contributed by atoms with Crippen LogP contribution in [0.1, 0.15) is 11.1 Å². The molecule has 0 saturated carbocycles. The van der Waals surface area contributed by atoms with Crippen LogP contribution in [0.15, 0.2) is 57.7 Å². The Labute approximate surface area is 137 Å². The van der Waals surface area contributed by atoms with Crippen molar-refractivity contribution < 1.29 is 9.15 Å². The van der Waals surface area contributed by atoms with E-state index in [1.165, 1.54) is 7.11 Å². The number of hydrogen-bond acceptors (Lipinski definition) is 6. The molecule has 2 aromatic carbocycles. The first-order chi connectivity index (χ1) is 11.7. The molecule has 120 valence electrons. The zero-order chi connectivity index (χ0) is 16.9. The Morgan fingerprint density at radius 2 is 1.92 bits per heavy atom. The van der Waals surface area contributed by atoms with Crippen LogP contribution in [0.5, 0.6) is 6.08 Å². The molecule has 7 heteroatoms. The molecule has 0 bridgehead atoms. The molecule has 0 unspecified atom stereocenters. The standard InChI is InChI=1S/C17H14N4O3/c1-23-16-20-21(17(22)24-16)15-8-6-14(7-9-15)19-11-13-4-2-12(10-18)3-5-13/h2-9,19H,11H2,1H3. The molecule has 0 saturated heterocycles. The highest BCUT2D eigenvalue weighted by Gasteiger charge is 2.09. The van der Waals surface area contributed by atoms with E-state index in [1.807, 2.05) is 24.3 Å². The highest BCUT2D eigenvalue weighted by Crippen LogP contribution is 2.14. The quantitative estimate of drug-likeness (QED) is 0.775. The smallest absolute Gasteiger partial charge is 0.444 e. The first-order valence-electron chi connectivity index (χ1n) is 7.17. The third kappa shape index (κ3) is 3.28. The molecule has 0 radical (unpaired) electrons. The van der Waals surface area contributed by atoms with Gasteiger partial charge in [-0.25, -0.2) is 4.79 Å². The van der Waals surface area contributed by atoms with Gasteiger partial charge in [-0.15, -0.1) is 0 Å². The number of ether oxygens (including phenoxy) is 1. The van der Waals surface area contributed by atoms with Crippen molar-refractivity contribution in [2.45, 2.75) is 6.54 Å². The maximum absolute atomic E-state index is 11.7. The third-order valence-electron chi connectivity index (χ3n) is 3.40. The first-order valence-corrected chi connectivity index (χ1v) is 7.17. The lowest BCUT2D eigenvalue weighted by Gasteiger charge is -2.07. The maximum atomic E-state index is 11.7. The third-order valence-corrected chi connectivity index (χ3v) is 3.40. The van der Waals surface area contributed by atoms with Crippen LogP contribution in [0.25, 0.3) is 5.69 Å². The van der Waals surface area contributed by atoms with Crippen LogP contribution >= 0.6 is 0 Å². The van der Waals surface area contributed by atoms with Crippen molar-refractivity contribution in [1.82, 2.24) is 9.78 Å². The van der Waals surface area contributed by atoms with E-state index < -0.39 is 5.76 Å². The molecule has 1 aromatic heterocycles. The van der Waals surface area contributed by atoms with E-state index in [0.29, 0.717) is 17.8 Å². The lowest BCUT2D eigenvalue weighted by Crippen LogP contribution is -2.13. The van der Waals surface area contributed by atoms with Gasteiger partial charge in [-0.2, -0.15) is 9.94 Å². The average molecular weight is 322 g/mol. The number of nitrogens with one attached hydrogen (secondary N) is 1. The van der Waals surface area contributed by atoms with E-state index in [1.54, 1.807) is 24.3 Å². The zero-order valence-electron chi connectivity index (χ0n) is 12.9. The van der Waals surface area contributed by atoms with Gasteiger partial charge >= 0.3 is 11.8 Å². The Morgan fingerprint density at radius 3 is 2.50 bits per heavy atom. The number of nitrogens with zero attached hydrogens (tertiary/aromatic N) is 3. The van der Waals surface area contributed by atoms with Gasteiger partial charge in [0.1, 0.15) is 0 Å². The number of rotatable bonds is 5. The second-order valence-corrected chi connectivity index (χ2v) is 4.96. The SMILES string of the molecule is COc1nn(-c2ccc(NCc3ccc(C#N)cc3)cc2)c(=O)o1. The van der Waals surface area contributed by atoms with E-state index in [9.17, 15) is 4.79 Å². The topological polar surface area (TPSA) is 93.1 Å². The lowest BCUT2D eigenvalue weighted by atomic mass is 10.1. The molecule has 3 rings (SSSR count). The fraction of sp³-hybridized carbons (Fsp3) is 0.118. The summed E-state index contributed by atoms with van der Waals surface area (Å²) in [5.41, 5.74) is 3.18. The van der Waals surface area contributed by atoms with Gasteiger partial charge in [-0.3, -0.25) is 0 Å². The van der Waals surface area contributed by atoms with Gasteiger partial charge in [0.05, 0.1) is 24.4 Å². The Balaban J connectivity index is 1.69. The summed E-state index contributed by atoms with van der Waals surface area (Å²) in [7, 11) is 1.38. The molecule has 0 aliphatic rings. The average Bonchev–Trinajstić information content (AvgIpc) is 3.02. The molecule has 0 aliphatic heterocycles. The predicted molar refractivity (Wildman–Crippen MR) is 87.1 cm³/mol. The van der Waals surface area contributed by atoms with Crippen molar-refractivity contribution in [2.24, 2.45) is 0 Å². The minimum absolute atomic E-state index is 0.0805. The Bertz CT molecular complexity index is 918. The van der Waals surface area contributed by atoms with Crippen LogP contribution in [0.4, 0.5) is 5.69 Å². The van der Waals surface area contributed by atoms with Gasteiger partial charge in [0.15, 0.2) is 0 Å². The molecule has 24 heavy (non-hydrogen) atoms. The van der Waals surface area contributed by atoms with Crippen LogP contribution in [0, 0.1) is 11.3 Å². The van der Waals surface area contributed by atoms with Gasteiger partial charge in [-0.05, 0) is 42.0 Å². The van der Waals surface area contributed by atoms with E-state index in [2.05, 4.69) is 16.5 Å². The van der Waals surface area contributed by atoms with Crippen molar-refractivity contribution in [3.05, 3.63) is 70.2 Å². The Morgan fingerprint density at radius 1 is 1.21 bits per heavy atom. The predicted octanol–water partition coefficient (Wildman–Crippen LogP) is 2.32. The van der Waals surface area contributed by atoms with Crippen molar-refractivity contribution in [3.63, 3.8) is 0 Å². The zero-order valence-corrected chi connectivity index (χ0v) is 12.9. The van der Waals surface area contributed by atoms with Crippen molar-refractivity contribution >= 4 is 5.69 Å². The molecule has 0 spiro atoms. The maximum Gasteiger partial charge on any atom is 0.444 e. The molecule has 3 aromatic rings. The van der Waals surface area contributed by atoms with Gasteiger partial charge in [-0.1, -0.05) is 17.2 Å². The summed E-state index contributed by atoms with van der Waals surface area (Å²) in [5, 5.41) is 16.0. The molecule has 0 atom stereocenters. The fourth-order valence-electron chi connectivity index (χ4n) is 2.13. The summed E-state index contributed by atoms with van der Waals surface area (Å²) in [6.07, 6.45) is -0.0805. The lowest BCUT2D eigenvalue weighted by molar-refractivity contribution is 0.282. The summed E-state index contributed by atoms with van der Waals surface area (Å²) in [4.78, 5) is 11.7. The van der Waals surface area contributed by atoms with Gasteiger partial charge in [0.2, 0.25) is 0 Å². The molecule has 0 fully saturated rings. The van der Waals surface area contributed by atoms with E-state index in [0.717, 1.165) is 15.9 Å². The second kappa shape index (κ2) is 6.71. The summed E-state index contributed by atoms with van der Waals surface area (Å²) in [6.45, 7) is 0.628. The van der Waals surface area contributed by atoms with Crippen molar-refractivity contribution in [3.8, 4) is 17.8 Å². The summed E-state index contributed by atoms with van der Waals surface area (Å²) in [5.74, 6) is -0.606. The highest BCUT2D eigenvalue weighted by molar-refractivity contribution is 5.49. The molecule has 0 amide bonds. The molecular formula is C17H14N4O3. The minimum Gasteiger partial charge on any atom is -0.452 e. The monoisotopic (exact) mass is 322 g/mol. The number of aromatic nitrogens is 2. The van der Waals surface area contributed by atoms with Crippen molar-refractivity contribution in [1.29, 1.82) is 5.26 Å². The first kappa shape index (κ1) is 15.4. The number of hydrogen-bond donors (Lipinski definition) is 1. The summed E-state index contributed by atoms with van der Waals surface area (Å²) < 4.78 is 10.7. The number of methoxy groups -OCH3 is 1. The van der Waals surface area contributed by atoms with Gasteiger partial charge in [0, 0.05) is 12.2 Å². The highest BCUT2D eigenvalue weighted by atomic mass is 16.6. The summed E-state index contributed by atoms with van der Waals surface area (Å²) >= 11 is 0. The normalized spacial score (nSPS) is 10.2. The Kier molecular flexibility index (Phi) is 4.29. The minimum atomic E-state index is -0.606. The van der Waals surface area contributed by atoms with Crippen LogP contribution in [0.2, 0.25) is 0 Å². The van der Waals surface area contributed by atoms with E-state index in [4.69, 9.17) is 14.4 Å². The van der Waals surface area contributed by atoms with Gasteiger partial charge < -0.3 is 14.5 Å². The molecule has 1 heterocycles. The number of anilines is 1. The van der Waals surface area contributed by atoms with Crippen LogP contribution in [-0.4, -0.2) is 16.9 Å². The second-order valence-electron chi connectivity index (χ2n) is 4.96. The summed E-state index contributed by atoms with van der Waals surface area (Å²) in [6, 6.07) is 16.7.